The summed E-state index contributed by atoms with van der Waals surface area (Å²) >= 11 is 98.8. The number of hydrogen-bond acceptors (Lipinski definition) is 21. The predicted octanol–water partition coefficient (Wildman–Crippen LogP) is -0.117. The Balaban J connectivity index is -0.0000000686. The molecule has 0 saturated heterocycles. The molecule has 0 fully saturated rings. The normalized spacial score (nSPS) is 11.0. The Labute approximate surface area is 456 Å². The number of hydrogen-bond donors (Lipinski definition) is 0. The van der Waals surface area contributed by atoms with E-state index in [1.807, 2.05) is 0 Å². The summed E-state index contributed by atoms with van der Waals surface area (Å²) in [4.78, 5) is 67.7. The molecule has 0 aromatic heterocycles. The Kier molecular flexibility index (Phi) is 55.9. The zero-order valence-corrected chi connectivity index (χ0v) is 44.1. The molecule has 0 atom stereocenters. The van der Waals surface area contributed by atoms with Crippen molar-refractivity contribution in [2.75, 3.05) is 0 Å². The van der Waals surface area contributed by atoms with Crippen LogP contribution >= 0.6 is 245 Å². The minimum Gasteiger partial charge on any atom is -0.544 e. The van der Waals surface area contributed by atoms with Gasteiger partial charge in [-0.05, 0) is 0 Å². The summed E-state index contributed by atoms with van der Waals surface area (Å²) in [6.45, 7) is 0. The average molecular weight is 1370 g/mol. The maximum Gasteiger partial charge on any atom is 4.00 e. The molecule has 0 spiro atoms. The van der Waals surface area contributed by atoms with Gasteiger partial charge >= 0.3 is 43.6 Å². The van der Waals surface area contributed by atoms with Crippen LogP contribution in [-0.4, -0.2) is 90.8 Å². The van der Waals surface area contributed by atoms with Crippen LogP contribution in [-0.2, 0) is 89.8 Å². The fourth-order valence-corrected chi connectivity index (χ4v) is 0.661. The van der Waals surface area contributed by atoms with Crippen molar-refractivity contribution in [1.29, 1.82) is 0 Å². The molecular formula is C14AlCl21O21Zr. The summed E-state index contributed by atoms with van der Waals surface area (Å²) in [5, 5.41) is 67.7. The number of carboxylic acids is 7. The second kappa shape index (κ2) is 39.7. The summed E-state index contributed by atoms with van der Waals surface area (Å²) in [5.41, 5.74) is 0. The van der Waals surface area contributed by atoms with E-state index in [-0.39, 0.29) is 43.6 Å². The van der Waals surface area contributed by atoms with E-state index in [0.717, 1.165) is 0 Å². The van der Waals surface area contributed by atoms with Crippen LogP contribution in [0.15, 0.2) is 0 Å². The Bertz CT molecular complexity index is 975. The number of halogens is 21. The van der Waals surface area contributed by atoms with Gasteiger partial charge in [0.05, 0.1) is 83.1 Å². The van der Waals surface area contributed by atoms with Gasteiger partial charge < -0.3 is 69.3 Å². The molecule has 0 heterocycles. The summed E-state index contributed by atoms with van der Waals surface area (Å²) in [5.74, 6) is -12.6. The summed E-state index contributed by atoms with van der Waals surface area (Å²) < 4.78 is 7.68. The number of alkyl halides is 14. The fraction of sp³-hybridized carbons (Fsp3) is 0.500. The Morgan fingerprint density at radius 2 is 0.310 bits per heavy atom. The van der Waals surface area contributed by atoms with Gasteiger partial charge in [-0.2, -0.15) is 0 Å². The quantitative estimate of drug-likeness (QED) is 0.162. The van der Waals surface area contributed by atoms with Crippen molar-refractivity contribution < 1.29 is 126 Å². The molecule has 0 aliphatic rings. The standard InChI is InChI=1S/7C2HCl3O3.Al.Zr/c7*3-2(4,8-5)1(6)7;;/h7*(H,6,7);;/q;;;;;;;+3;+4/p-7. The molecule has 0 saturated carbocycles. The van der Waals surface area contributed by atoms with Crippen molar-refractivity contribution in [3.8, 4) is 0 Å². The van der Waals surface area contributed by atoms with E-state index in [0.29, 0.717) is 0 Å². The first-order chi connectivity index (χ1) is 24.5. The molecule has 0 unspecified atom stereocenters. The second-order valence-electron chi connectivity index (χ2n) is 6.17. The van der Waals surface area contributed by atoms with Crippen LogP contribution in [0.2, 0.25) is 0 Å². The maximum absolute atomic E-state index is 9.67. The van der Waals surface area contributed by atoms with E-state index in [1.165, 1.54) is 0 Å². The molecular weight excluding hydrogens is 1370 g/mol. The molecule has 0 bridgehead atoms. The number of aliphatic carboxylic acids is 7. The second-order valence-corrected chi connectivity index (χ2v) is 16.1. The number of carbonyl (C=O) groups excluding carboxylic acids is 7. The average Bonchev–Trinajstić information content (AvgIpc) is 3.09. The molecule has 0 aliphatic heterocycles. The summed E-state index contributed by atoms with van der Waals surface area (Å²) in [7, 11) is 0. The van der Waals surface area contributed by atoms with Crippen molar-refractivity contribution >= 4 is 305 Å². The van der Waals surface area contributed by atoms with E-state index in [2.05, 4.69) is 113 Å². The van der Waals surface area contributed by atoms with Crippen LogP contribution < -0.4 is 35.7 Å². The topological polar surface area (TPSA) is 346 Å². The van der Waals surface area contributed by atoms with Crippen LogP contribution in [0.3, 0.4) is 0 Å². The monoisotopic (exact) mass is 1360 g/mol. The first-order valence-corrected chi connectivity index (χ1v) is 17.2. The van der Waals surface area contributed by atoms with Crippen LogP contribution in [0.25, 0.3) is 0 Å². The minimum atomic E-state index is -2.44. The first kappa shape index (κ1) is 81.7. The molecule has 0 amide bonds. The largest absolute Gasteiger partial charge is 4.00 e. The SMILES string of the molecule is O=C([O-])C(Cl)(Cl)OCl.O=C([O-])C(Cl)(Cl)OCl.O=C([O-])C(Cl)(Cl)OCl.O=C([O-])C(Cl)(Cl)OCl.O=C([O-])C(Cl)(Cl)OCl.O=C([O-])C(Cl)(Cl)OCl.O=C([O-])C(Cl)(Cl)OCl.[Al+3].[Zr+4]. The van der Waals surface area contributed by atoms with Gasteiger partial charge in [-0.25, -0.2) is 30.0 Å². The Morgan fingerprint density at radius 3 is 0.310 bits per heavy atom. The van der Waals surface area contributed by atoms with E-state index in [4.69, 9.17) is 162 Å². The number of carbonyl (C=O) groups is 7. The smallest absolute Gasteiger partial charge is 0.544 e. The molecule has 58 heavy (non-hydrogen) atoms. The Hall–Kier alpha value is 3.52. The molecule has 0 aliphatic carbocycles. The van der Waals surface area contributed by atoms with Gasteiger partial charge in [0, 0.05) is 0 Å². The first-order valence-electron chi connectivity index (χ1n) is 9.76. The molecule has 0 aromatic rings. The summed E-state index contributed by atoms with van der Waals surface area (Å²) in [6.07, 6.45) is 0. The van der Waals surface area contributed by atoms with Crippen molar-refractivity contribution in [2.45, 2.75) is 31.6 Å². The third-order valence-electron chi connectivity index (χ3n) is 2.34. The van der Waals surface area contributed by atoms with Gasteiger partial charge in [0.15, 0.2) is 0 Å². The van der Waals surface area contributed by atoms with Crippen LogP contribution in [0.1, 0.15) is 0 Å². The third-order valence-corrected chi connectivity index (χ3v) is 8.31. The van der Waals surface area contributed by atoms with Gasteiger partial charge in [-0.3, -0.25) is 0 Å². The van der Waals surface area contributed by atoms with E-state index in [9.17, 15) is 69.3 Å². The van der Waals surface area contributed by atoms with Crippen molar-refractivity contribution in [1.82, 2.24) is 0 Å². The van der Waals surface area contributed by atoms with Crippen LogP contribution in [0.4, 0.5) is 0 Å². The maximum atomic E-state index is 9.67. The predicted molar refractivity (Wildman–Crippen MR) is 190 cm³/mol. The van der Waals surface area contributed by atoms with Gasteiger partial charge in [0.1, 0.15) is 41.8 Å². The van der Waals surface area contributed by atoms with E-state index in [1.54, 1.807) is 0 Å². The van der Waals surface area contributed by atoms with Crippen molar-refractivity contribution in [3.63, 3.8) is 0 Å². The molecule has 0 aromatic carbocycles. The van der Waals surface area contributed by atoms with Gasteiger partial charge in [-0.1, -0.05) is 162 Å². The van der Waals surface area contributed by atoms with E-state index >= 15 is 0 Å². The molecule has 336 valence electrons. The molecule has 0 N–H and O–H groups in total. The van der Waals surface area contributed by atoms with Gasteiger partial charge in [0.2, 0.25) is 0 Å². The summed E-state index contributed by atoms with van der Waals surface area (Å²) in [6, 6.07) is 0. The minimum absolute atomic E-state index is 0. The van der Waals surface area contributed by atoms with E-state index < -0.39 is 73.4 Å². The molecule has 44 heteroatoms. The zero-order valence-electron chi connectivity index (χ0n) is 24.6. The molecule has 21 nitrogen and oxygen atoms in total. The fourth-order valence-electron chi connectivity index (χ4n) is 0.220. The molecule has 0 rings (SSSR count). The van der Waals surface area contributed by atoms with Crippen molar-refractivity contribution in [3.05, 3.63) is 0 Å². The third kappa shape index (κ3) is 46.1. The number of carboxylic acid groups (broad SMARTS) is 7. The van der Waals surface area contributed by atoms with Gasteiger partial charge in [-0.15, -0.1) is 0 Å². The molecule has 0 radical (unpaired) electrons. The van der Waals surface area contributed by atoms with Crippen LogP contribution in [0.5, 0.6) is 0 Å². The Morgan fingerprint density at radius 1 is 0.259 bits per heavy atom. The number of rotatable bonds is 14. The van der Waals surface area contributed by atoms with Crippen molar-refractivity contribution in [2.24, 2.45) is 0 Å². The zero-order chi connectivity index (χ0) is 47.5. The van der Waals surface area contributed by atoms with Gasteiger partial charge in [0.25, 0.3) is 31.6 Å². The van der Waals surface area contributed by atoms with Crippen LogP contribution in [0, 0.1) is 0 Å².